The summed E-state index contributed by atoms with van der Waals surface area (Å²) in [7, 11) is 1.71. The second-order valence-corrected chi connectivity index (χ2v) is 5.60. The molecule has 0 saturated carbocycles. The molecule has 1 aliphatic rings. The zero-order chi connectivity index (χ0) is 15.2. The maximum Gasteiger partial charge on any atom is 0.224 e. The van der Waals surface area contributed by atoms with E-state index in [1.54, 1.807) is 7.05 Å². The molecular formula is C16H26N4O. The lowest BCUT2D eigenvalue weighted by atomic mass is 9.96. The van der Waals surface area contributed by atoms with Crippen molar-refractivity contribution < 1.29 is 4.79 Å². The van der Waals surface area contributed by atoms with Crippen LogP contribution in [0.3, 0.4) is 0 Å². The van der Waals surface area contributed by atoms with E-state index in [0.29, 0.717) is 0 Å². The average Bonchev–Trinajstić information content (AvgIpc) is 2.54. The van der Waals surface area contributed by atoms with Crippen LogP contribution in [0.2, 0.25) is 0 Å². The lowest BCUT2D eigenvalue weighted by Gasteiger charge is -2.34. The lowest BCUT2D eigenvalue weighted by molar-refractivity contribution is -0.124. The predicted molar refractivity (Wildman–Crippen MR) is 85.3 cm³/mol. The van der Waals surface area contributed by atoms with Gasteiger partial charge in [0.25, 0.3) is 0 Å². The van der Waals surface area contributed by atoms with E-state index < -0.39 is 0 Å². The minimum Gasteiger partial charge on any atom is -0.359 e. The highest BCUT2D eigenvalue weighted by atomic mass is 16.1. The molecular weight excluding hydrogens is 264 g/mol. The van der Waals surface area contributed by atoms with Crippen LogP contribution in [0, 0.1) is 5.92 Å². The lowest BCUT2D eigenvalue weighted by Crippen LogP contribution is -2.43. The van der Waals surface area contributed by atoms with E-state index in [0.717, 1.165) is 38.3 Å². The number of carbonyl (C=O) groups excluding carboxylic acids is 1. The highest BCUT2D eigenvalue weighted by Gasteiger charge is 2.27. The molecule has 2 atom stereocenters. The Morgan fingerprint density at radius 2 is 2.38 bits per heavy atom. The first-order chi connectivity index (χ1) is 10.2. The molecule has 1 saturated heterocycles. The summed E-state index contributed by atoms with van der Waals surface area (Å²) in [5.41, 5.74) is 1.21. The molecule has 1 amide bonds. The van der Waals surface area contributed by atoms with Crippen LogP contribution in [0.15, 0.2) is 18.3 Å². The number of hydrogen-bond acceptors (Lipinski definition) is 4. The van der Waals surface area contributed by atoms with Crippen molar-refractivity contribution in [1.82, 2.24) is 15.6 Å². The number of piperidine rings is 1. The van der Waals surface area contributed by atoms with Crippen molar-refractivity contribution in [3.8, 4) is 0 Å². The molecule has 0 bridgehead atoms. The van der Waals surface area contributed by atoms with Crippen molar-refractivity contribution in [2.24, 2.45) is 5.92 Å². The van der Waals surface area contributed by atoms with Crippen molar-refractivity contribution >= 4 is 11.7 Å². The fraction of sp³-hybridized carbons (Fsp3) is 0.625. The van der Waals surface area contributed by atoms with Gasteiger partial charge in [0, 0.05) is 37.9 Å². The molecule has 0 spiro atoms. The van der Waals surface area contributed by atoms with Crippen molar-refractivity contribution in [2.45, 2.75) is 32.7 Å². The van der Waals surface area contributed by atoms with Gasteiger partial charge in [0.05, 0.1) is 5.92 Å². The van der Waals surface area contributed by atoms with Crippen LogP contribution in [0.4, 0.5) is 5.82 Å². The predicted octanol–water partition coefficient (Wildman–Crippen LogP) is 1.71. The summed E-state index contributed by atoms with van der Waals surface area (Å²) in [5.74, 6) is 1.21. The van der Waals surface area contributed by atoms with Gasteiger partial charge in [-0.25, -0.2) is 4.98 Å². The van der Waals surface area contributed by atoms with Crippen LogP contribution < -0.4 is 15.5 Å². The molecule has 0 aliphatic carbocycles. The van der Waals surface area contributed by atoms with Gasteiger partial charge in [0.1, 0.15) is 5.82 Å². The van der Waals surface area contributed by atoms with Gasteiger partial charge in [-0.15, -0.1) is 0 Å². The Bertz CT molecular complexity index is 477. The number of aromatic nitrogens is 1. The van der Waals surface area contributed by atoms with Gasteiger partial charge in [-0.3, -0.25) is 4.79 Å². The molecule has 2 N–H and O–H groups in total. The summed E-state index contributed by atoms with van der Waals surface area (Å²) in [6.45, 7) is 6.91. The normalized spacial score (nSPS) is 20.1. The molecule has 21 heavy (non-hydrogen) atoms. The van der Waals surface area contributed by atoms with Gasteiger partial charge in [0.15, 0.2) is 0 Å². The third kappa shape index (κ3) is 3.73. The summed E-state index contributed by atoms with van der Waals surface area (Å²) in [4.78, 5) is 18.7. The van der Waals surface area contributed by atoms with Crippen LogP contribution in [0.25, 0.3) is 0 Å². The topological polar surface area (TPSA) is 57.3 Å². The Kier molecular flexibility index (Phi) is 5.56. The van der Waals surface area contributed by atoms with E-state index in [1.807, 2.05) is 12.3 Å². The monoisotopic (exact) mass is 290 g/mol. The van der Waals surface area contributed by atoms with Crippen LogP contribution in [0.5, 0.6) is 0 Å². The van der Waals surface area contributed by atoms with Crippen LogP contribution >= 0.6 is 0 Å². The maximum absolute atomic E-state index is 11.9. The van der Waals surface area contributed by atoms with Gasteiger partial charge in [-0.2, -0.15) is 0 Å². The summed E-state index contributed by atoms with van der Waals surface area (Å²) in [5, 5.41) is 6.21. The zero-order valence-corrected chi connectivity index (χ0v) is 13.2. The Morgan fingerprint density at radius 3 is 3.10 bits per heavy atom. The summed E-state index contributed by atoms with van der Waals surface area (Å²) < 4.78 is 0. The van der Waals surface area contributed by atoms with Crippen LogP contribution in [0.1, 0.15) is 38.3 Å². The Morgan fingerprint density at radius 1 is 1.57 bits per heavy atom. The standard InChI is InChI=1S/C16H26N4O/c1-4-18-12(2)14-8-5-9-19-15(14)20-10-6-7-13(11-20)16(21)17-3/h5,8-9,12-13,18H,4,6-7,10-11H2,1-3H3,(H,17,21). The minimum absolute atomic E-state index is 0.0630. The number of rotatable bonds is 5. The SMILES string of the molecule is CCNC(C)c1cccnc1N1CCCC(C(=O)NC)C1. The number of nitrogens with one attached hydrogen (secondary N) is 2. The van der Waals surface area contributed by atoms with E-state index in [1.165, 1.54) is 5.56 Å². The first kappa shape index (κ1) is 15.8. The van der Waals surface area contributed by atoms with E-state index in [-0.39, 0.29) is 17.9 Å². The second kappa shape index (κ2) is 7.41. The Labute approximate surface area is 127 Å². The first-order valence-corrected chi connectivity index (χ1v) is 7.82. The number of pyridine rings is 1. The van der Waals surface area contributed by atoms with E-state index >= 15 is 0 Å². The maximum atomic E-state index is 11.9. The molecule has 0 aromatic carbocycles. The Hall–Kier alpha value is -1.62. The van der Waals surface area contributed by atoms with Gasteiger partial charge < -0.3 is 15.5 Å². The molecule has 0 radical (unpaired) electrons. The van der Waals surface area contributed by atoms with Crippen molar-refractivity contribution in [2.75, 3.05) is 31.6 Å². The molecule has 1 aromatic rings. The van der Waals surface area contributed by atoms with Gasteiger partial charge in [-0.05, 0) is 32.4 Å². The first-order valence-electron chi connectivity index (χ1n) is 7.82. The molecule has 5 nitrogen and oxygen atoms in total. The highest BCUT2D eigenvalue weighted by Crippen LogP contribution is 2.28. The van der Waals surface area contributed by atoms with Crippen LogP contribution in [-0.2, 0) is 4.79 Å². The molecule has 1 fully saturated rings. The largest absolute Gasteiger partial charge is 0.359 e. The number of carbonyl (C=O) groups is 1. The number of hydrogen-bond donors (Lipinski definition) is 2. The summed E-state index contributed by atoms with van der Waals surface area (Å²) in [6.07, 6.45) is 3.83. The zero-order valence-electron chi connectivity index (χ0n) is 13.2. The van der Waals surface area contributed by atoms with E-state index in [4.69, 9.17) is 0 Å². The number of anilines is 1. The molecule has 1 aliphatic heterocycles. The molecule has 2 unspecified atom stereocenters. The fourth-order valence-corrected chi connectivity index (χ4v) is 3.02. The van der Waals surface area contributed by atoms with Crippen molar-refractivity contribution in [3.05, 3.63) is 23.9 Å². The second-order valence-electron chi connectivity index (χ2n) is 5.60. The van der Waals surface area contributed by atoms with Crippen molar-refractivity contribution in [3.63, 3.8) is 0 Å². The van der Waals surface area contributed by atoms with Crippen LogP contribution in [-0.4, -0.2) is 37.6 Å². The van der Waals surface area contributed by atoms with Gasteiger partial charge in [0.2, 0.25) is 5.91 Å². The number of amides is 1. The average molecular weight is 290 g/mol. The molecule has 116 valence electrons. The highest BCUT2D eigenvalue weighted by molar-refractivity contribution is 5.79. The summed E-state index contributed by atoms with van der Waals surface area (Å²) >= 11 is 0. The third-order valence-corrected chi connectivity index (χ3v) is 4.13. The van der Waals surface area contributed by atoms with E-state index in [9.17, 15) is 4.79 Å². The molecule has 1 aromatic heterocycles. The molecule has 2 heterocycles. The molecule has 2 rings (SSSR count). The Balaban J connectivity index is 2.19. The van der Waals surface area contributed by atoms with E-state index in [2.05, 4.69) is 40.4 Å². The summed E-state index contributed by atoms with van der Waals surface area (Å²) in [6, 6.07) is 4.37. The minimum atomic E-state index is 0.0630. The van der Waals surface area contributed by atoms with Crippen molar-refractivity contribution in [1.29, 1.82) is 0 Å². The molecule has 5 heteroatoms. The smallest absolute Gasteiger partial charge is 0.224 e. The van der Waals surface area contributed by atoms with Gasteiger partial charge >= 0.3 is 0 Å². The number of nitrogens with zero attached hydrogens (tertiary/aromatic N) is 2. The fourth-order valence-electron chi connectivity index (χ4n) is 3.02. The quantitative estimate of drug-likeness (QED) is 0.867. The van der Waals surface area contributed by atoms with Gasteiger partial charge in [-0.1, -0.05) is 13.0 Å². The third-order valence-electron chi connectivity index (χ3n) is 4.13.